The molecule has 0 bridgehead atoms. The fourth-order valence-corrected chi connectivity index (χ4v) is 0.149. The maximum atomic E-state index is 8.02. The van der Waals surface area contributed by atoms with Gasteiger partial charge in [0.15, 0.2) is 0 Å². The third-order valence-corrected chi connectivity index (χ3v) is 0.545. The maximum absolute atomic E-state index is 8.02. The number of rotatable bonds is 2. The summed E-state index contributed by atoms with van der Waals surface area (Å²) in [7, 11) is 0. The van der Waals surface area contributed by atoms with Crippen molar-refractivity contribution in [3.8, 4) is 6.07 Å². The average molecular weight is 101 g/mol. The van der Waals surface area contributed by atoms with Gasteiger partial charge in [0.2, 0.25) is 0 Å². The van der Waals surface area contributed by atoms with Crippen LogP contribution in [0.2, 0.25) is 0 Å². The molecule has 0 aliphatic heterocycles. The van der Waals surface area contributed by atoms with Gasteiger partial charge in [0.25, 0.3) is 0 Å². The Kier molecular flexibility index (Phi) is 3.29. The molecule has 3 nitrogen and oxygen atoms in total. The van der Waals surface area contributed by atoms with Crippen molar-refractivity contribution in [2.75, 3.05) is 6.61 Å². The van der Waals surface area contributed by atoms with Gasteiger partial charge in [-0.25, -0.2) is 4.89 Å². The van der Waals surface area contributed by atoms with E-state index in [1.165, 1.54) is 0 Å². The normalized spacial score (nSPS) is 12.7. The molecule has 0 aromatic carbocycles. The highest BCUT2D eigenvalue weighted by atomic mass is 17.1. The third kappa shape index (κ3) is 3.23. The predicted octanol–water partition coefficient (Wildman–Crippen LogP) is 0.636. The van der Waals surface area contributed by atoms with Crippen molar-refractivity contribution in [2.24, 2.45) is 5.92 Å². The first-order valence-corrected chi connectivity index (χ1v) is 1.97. The van der Waals surface area contributed by atoms with E-state index in [9.17, 15) is 0 Å². The van der Waals surface area contributed by atoms with Crippen LogP contribution < -0.4 is 0 Å². The summed E-state index contributed by atoms with van der Waals surface area (Å²) < 4.78 is 0. The van der Waals surface area contributed by atoms with Gasteiger partial charge >= 0.3 is 0 Å². The van der Waals surface area contributed by atoms with E-state index in [-0.39, 0.29) is 12.5 Å². The number of hydrogen-bond donors (Lipinski definition) is 1. The first-order chi connectivity index (χ1) is 3.31. The molecule has 0 amide bonds. The minimum atomic E-state index is -0.218. The lowest BCUT2D eigenvalue weighted by Gasteiger charge is -1.92. The maximum Gasteiger partial charge on any atom is 0.0975 e. The van der Waals surface area contributed by atoms with Crippen LogP contribution in [-0.2, 0) is 4.89 Å². The van der Waals surface area contributed by atoms with Crippen LogP contribution in [0.5, 0.6) is 0 Å². The van der Waals surface area contributed by atoms with Crippen molar-refractivity contribution < 1.29 is 10.1 Å². The highest BCUT2D eigenvalue weighted by Crippen LogP contribution is 1.88. The van der Waals surface area contributed by atoms with Gasteiger partial charge < -0.3 is 0 Å². The van der Waals surface area contributed by atoms with E-state index in [4.69, 9.17) is 10.5 Å². The molecule has 0 fully saturated rings. The minimum absolute atomic E-state index is 0.0938. The first kappa shape index (κ1) is 6.41. The second-order valence-electron chi connectivity index (χ2n) is 1.33. The number of nitrogens with zero attached hydrogens (tertiary/aromatic N) is 1. The van der Waals surface area contributed by atoms with Gasteiger partial charge in [-0.1, -0.05) is 0 Å². The summed E-state index contributed by atoms with van der Waals surface area (Å²) >= 11 is 0. The van der Waals surface area contributed by atoms with Crippen molar-refractivity contribution in [1.82, 2.24) is 0 Å². The summed E-state index contributed by atoms with van der Waals surface area (Å²) in [6.45, 7) is 1.76. The molecule has 0 saturated heterocycles. The Hall–Kier alpha value is -0.590. The van der Waals surface area contributed by atoms with Crippen LogP contribution in [-0.4, -0.2) is 11.9 Å². The molecule has 0 aliphatic carbocycles. The van der Waals surface area contributed by atoms with Crippen molar-refractivity contribution >= 4 is 0 Å². The Balaban J connectivity index is 3.04. The van der Waals surface area contributed by atoms with E-state index in [0.717, 1.165) is 0 Å². The summed E-state index contributed by atoms with van der Waals surface area (Å²) in [5, 5.41) is 15.7. The van der Waals surface area contributed by atoms with Gasteiger partial charge in [-0.3, -0.25) is 5.26 Å². The highest BCUT2D eigenvalue weighted by molar-refractivity contribution is 4.77. The smallest absolute Gasteiger partial charge is 0.0975 e. The average Bonchev–Trinajstić information content (AvgIpc) is 1.68. The van der Waals surface area contributed by atoms with Crippen molar-refractivity contribution in [2.45, 2.75) is 6.92 Å². The molecule has 0 aromatic heterocycles. The Morgan fingerprint density at radius 2 is 2.57 bits per heavy atom. The molecule has 0 heterocycles. The standard InChI is InChI=1S/C4H7NO2/c1-4(2-5)3-7-6/h4,6H,3H2,1H3. The van der Waals surface area contributed by atoms with Crippen LogP contribution in [0.3, 0.4) is 0 Å². The topological polar surface area (TPSA) is 53.2 Å². The number of nitriles is 1. The molecular weight excluding hydrogens is 94.0 g/mol. The largest absolute Gasteiger partial charge is 0.252 e. The summed E-state index contributed by atoms with van der Waals surface area (Å²) in [6, 6.07) is 1.88. The molecule has 1 atom stereocenters. The lowest BCUT2D eigenvalue weighted by atomic mass is 10.2. The zero-order valence-electron chi connectivity index (χ0n) is 4.09. The van der Waals surface area contributed by atoms with Crippen LogP contribution in [0.4, 0.5) is 0 Å². The third-order valence-electron chi connectivity index (χ3n) is 0.545. The minimum Gasteiger partial charge on any atom is -0.252 e. The second-order valence-corrected chi connectivity index (χ2v) is 1.33. The van der Waals surface area contributed by atoms with Crippen LogP contribution in [0.25, 0.3) is 0 Å². The highest BCUT2D eigenvalue weighted by Gasteiger charge is 1.95. The van der Waals surface area contributed by atoms with Gasteiger partial charge in [-0.05, 0) is 6.92 Å². The molecule has 1 N–H and O–H groups in total. The van der Waals surface area contributed by atoms with Gasteiger partial charge in [0.05, 0.1) is 18.6 Å². The second kappa shape index (κ2) is 3.59. The summed E-state index contributed by atoms with van der Waals surface area (Å²) in [5.41, 5.74) is 0. The van der Waals surface area contributed by atoms with Gasteiger partial charge in [0.1, 0.15) is 0 Å². The van der Waals surface area contributed by atoms with Gasteiger partial charge in [-0.15, -0.1) is 0 Å². The lowest BCUT2D eigenvalue weighted by Crippen LogP contribution is -1.99. The van der Waals surface area contributed by atoms with Crippen LogP contribution >= 0.6 is 0 Å². The van der Waals surface area contributed by atoms with Crippen LogP contribution in [0.15, 0.2) is 0 Å². The zero-order chi connectivity index (χ0) is 5.70. The lowest BCUT2D eigenvalue weighted by molar-refractivity contribution is -0.246. The quantitative estimate of drug-likeness (QED) is 0.410. The molecule has 0 spiro atoms. The zero-order valence-corrected chi connectivity index (χ0v) is 4.09. The number of hydrogen-bond acceptors (Lipinski definition) is 3. The summed E-state index contributed by atoms with van der Waals surface area (Å²) in [5.74, 6) is -0.218. The molecule has 1 unspecified atom stereocenters. The monoisotopic (exact) mass is 101 g/mol. The Morgan fingerprint density at radius 1 is 2.00 bits per heavy atom. The molecule has 0 radical (unpaired) electrons. The first-order valence-electron chi connectivity index (χ1n) is 1.97. The van der Waals surface area contributed by atoms with E-state index in [0.29, 0.717) is 0 Å². The summed E-state index contributed by atoms with van der Waals surface area (Å²) in [4.78, 5) is 3.67. The molecule has 0 aliphatic rings. The fourth-order valence-electron chi connectivity index (χ4n) is 0.149. The van der Waals surface area contributed by atoms with Crippen LogP contribution in [0, 0.1) is 17.2 Å². The van der Waals surface area contributed by atoms with Crippen molar-refractivity contribution in [3.63, 3.8) is 0 Å². The molecular formula is C4H7NO2. The molecule has 40 valence electrons. The fraction of sp³-hybridized carbons (Fsp3) is 0.750. The summed E-state index contributed by atoms with van der Waals surface area (Å²) in [6.07, 6.45) is 0. The van der Waals surface area contributed by atoms with E-state index in [1.54, 1.807) is 6.92 Å². The molecule has 0 saturated carbocycles. The van der Waals surface area contributed by atoms with Crippen LogP contribution in [0.1, 0.15) is 6.92 Å². The van der Waals surface area contributed by atoms with E-state index < -0.39 is 0 Å². The Labute approximate surface area is 42.1 Å². The van der Waals surface area contributed by atoms with Gasteiger partial charge in [-0.2, -0.15) is 5.26 Å². The molecule has 0 aromatic rings. The molecule has 3 heteroatoms. The van der Waals surface area contributed by atoms with E-state index in [1.807, 2.05) is 6.07 Å². The van der Waals surface area contributed by atoms with E-state index in [2.05, 4.69) is 4.89 Å². The SMILES string of the molecule is CC(C#N)COO. The van der Waals surface area contributed by atoms with Crippen molar-refractivity contribution in [3.05, 3.63) is 0 Å². The Morgan fingerprint density at radius 3 is 2.71 bits per heavy atom. The van der Waals surface area contributed by atoms with Gasteiger partial charge in [0, 0.05) is 0 Å². The van der Waals surface area contributed by atoms with Crippen molar-refractivity contribution in [1.29, 1.82) is 5.26 Å². The molecule has 0 rings (SSSR count). The predicted molar refractivity (Wildman–Crippen MR) is 23.4 cm³/mol. The molecule has 7 heavy (non-hydrogen) atoms. The van der Waals surface area contributed by atoms with E-state index >= 15 is 0 Å². The Bertz CT molecular complexity index is 76.2.